The van der Waals surface area contributed by atoms with E-state index in [1.165, 1.54) is 0 Å². The van der Waals surface area contributed by atoms with E-state index in [4.69, 9.17) is 23.2 Å². The fourth-order valence-electron chi connectivity index (χ4n) is 2.72. The van der Waals surface area contributed by atoms with Crippen LogP contribution in [0.1, 0.15) is 11.4 Å². The first kappa shape index (κ1) is 12.8. The van der Waals surface area contributed by atoms with Crippen molar-refractivity contribution in [1.82, 2.24) is 9.97 Å². The Kier molecular flexibility index (Phi) is 2.95. The van der Waals surface area contributed by atoms with Crippen LogP contribution in [0.15, 0.2) is 48.5 Å². The van der Waals surface area contributed by atoms with E-state index < -0.39 is 0 Å². The molecule has 2 N–H and O–H groups in total. The number of benzene rings is 2. The van der Waals surface area contributed by atoms with Crippen LogP contribution in [0, 0.1) is 0 Å². The Bertz CT molecular complexity index is 872. The van der Waals surface area contributed by atoms with Crippen LogP contribution in [-0.2, 0) is 6.42 Å². The lowest BCUT2D eigenvalue weighted by atomic mass is 10.2. The monoisotopic (exact) mass is 314 g/mol. The summed E-state index contributed by atoms with van der Waals surface area (Å²) in [4.78, 5) is 6.84. The molecule has 0 saturated carbocycles. The maximum Gasteiger partial charge on any atom is 0.0457 e. The lowest BCUT2D eigenvalue weighted by Crippen LogP contribution is -1.87. The molecule has 4 heteroatoms. The molecular weight excluding hydrogens is 303 g/mol. The van der Waals surface area contributed by atoms with Gasteiger partial charge in [0.1, 0.15) is 0 Å². The number of aromatic nitrogens is 2. The molecule has 4 aromatic rings. The predicted octanol–water partition coefficient (Wildman–Crippen LogP) is 5.55. The average molecular weight is 315 g/mol. The van der Waals surface area contributed by atoms with Crippen molar-refractivity contribution in [2.24, 2.45) is 0 Å². The molecule has 104 valence electrons. The van der Waals surface area contributed by atoms with Crippen LogP contribution in [0.3, 0.4) is 0 Å². The van der Waals surface area contributed by atoms with Crippen molar-refractivity contribution in [3.05, 3.63) is 70.0 Å². The molecule has 0 atom stereocenters. The molecule has 0 amide bonds. The number of halogens is 2. The van der Waals surface area contributed by atoms with Gasteiger partial charge in [-0.2, -0.15) is 0 Å². The standard InChI is InChI=1S/C17H12Cl2N2/c18-12-1-3-16-10(5-12)7-14(20-16)9-15-8-11-6-13(19)2-4-17(11)21-15/h1-8,20-21H,9H2. The highest BCUT2D eigenvalue weighted by Gasteiger charge is 2.06. The molecule has 0 aliphatic rings. The van der Waals surface area contributed by atoms with E-state index in [9.17, 15) is 0 Å². The lowest BCUT2D eigenvalue weighted by Gasteiger charge is -1.93. The van der Waals surface area contributed by atoms with E-state index in [1.54, 1.807) is 0 Å². The Morgan fingerprint density at radius 3 is 1.62 bits per heavy atom. The van der Waals surface area contributed by atoms with Gasteiger partial charge in [-0.15, -0.1) is 0 Å². The Labute approximate surface area is 131 Å². The third-order valence-electron chi connectivity index (χ3n) is 3.66. The van der Waals surface area contributed by atoms with Crippen molar-refractivity contribution >= 4 is 45.0 Å². The summed E-state index contributed by atoms with van der Waals surface area (Å²) >= 11 is 12.0. The van der Waals surface area contributed by atoms with Crippen LogP contribution in [0.25, 0.3) is 21.8 Å². The van der Waals surface area contributed by atoms with Crippen molar-refractivity contribution in [2.75, 3.05) is 0 Å². The normalized spacial score (nSPS) is 11.5. The summed E-state index contributed by atoms with van der Waals surface area (Å²) in [6.45, 7) is 0. The molecule has 4 rings (SSSR count). The second kappa shape index (κ2) is 4.83. The second-order valence-corrected chi connectivity index (χ2v) is 6.10. The fourth-order valence-corrected chi connectivity index (χ4v) is 3.08. The zero-order chi connectivity index (χ0) is 14.4. The Morgan fingerprint density at radius 1 is 0.667 bits per heavy atom. The van der Waals surface area contributed by atoms with Crippen molar-refractivity contribution in [1.29, 1.82) is 0 Å². The number of hydrogen-bond acceptors (Lipinski definition) is 0. The van der Waals surface area contributed by atoms with E-state index in [1.807, 2.05) is 36.4 Å². The Hall–Kier alpha value is -1.90. The highest BCUT2D eigenvalue weighted by molar-refractivity contribution is 6.31. The largest absolute Gasteiger partial charge is 0.358 e. The van der Waals surface area contributed by atoms with Gasteiger partial charge in [0.25, 0.3) is 0 Å². The maximum atomic E-state index is 6.02. The zero-order valence-corrected chi connectivity index (χ0v) is 12.6. The van der Waals surface area contributed by atoms with Crippen LogP contribution in [0.2, 0.25) is 10.0 Å². The van der Waals surface area contributed by atoms with E-state index in [0.717, 1.165) is 49.7 Å². The quantitative estimate of drug-likeness (QED) is 0.486. The number of H-pyrrole nitrogens is 2. The Morgan fingerprint density at radius 2 is 1.14 bits per heavy atom. The number of nitrogens with one attached hydrogen (secondary N) is 2. The smallest absolute Gasteiger partial charge is 0.0457 e. The van der Waals surface area contributed by atoms with Crippen molar-refractivity contribution in [3.8, 4) is 0 Å². The zero-order valence-electron chi connectivity index (χ0n) is 11.1. The molecule has 2 aromatic carbocycles. The SMILES string of the molecule is Clc1ccc2[nH]c(Cc3cc4cc(Cl)ccc4[nH]3)cc2c1. The summed E-state index contributed by atoms with van der Waals surface area (Å²) in [5.74, 6) is 0. The van der Waals surface area contributed by atoms with Crippen LogP contribution >= 0.6 is 23.2 Å². The minimum absolute atomic E-state index is 0.758. The van der Waals surface area contributed by atoms with Gasteiger partial charge < -0.3 is 9.97 Å². The van der Waals surface area contributed by atoms with Gasteiger partial charge >= 0.3 is 0 Å². The van der Waals surface area contributed by atoms with Gasteiger partial charge in [0.15, 0.2) is 0 Å². The van der Waals surface area contributed by atoms with E-state index in [-0.39, 0.29) is 0 Å². The maximum absolute atomic E-state index is 6.02. The summed E-state index contributed by atoms with van der Waals surface area (Å²) in [6, 6.07) is 16.0. The Balaban J connectivity index is 1.71. The first-order valence-corrected chi connectivity index (χ1v) is 7.47. The molecule has 0 fully saturated rings. The minimum Gasteiger partial charge on any atom is -0.358 e. The lowest BCUT2D eigenvalue weighted by molar-refractivity contribution is 1.07. The number of fused-ring (bicyclic) bond motifs is 2. The molecule has 0 bridgehead atoms. The number of aromatic amines is 2. The average Bonchev–Trinajstić information content (AvgIpc) is 3.00. The van der Waals surface area contributed by atoms with Gasteiger partial charge in [-0.1, -0.05) is 23.2 Å². The van der Waals surface area contributed by atoms with Crippen LogP contribution in [0.5, 0.6) is 0 Å². The van der Waals surface area contributed by atoms with E-state index in [2.05, 4.69) is 22.1 Å². The van der Waals surface area contributed by atoms with Gasteiger partial charge in [-0.3, -0.25) is 0 Å². The third kappa shape index (κ3) is 2.41. The molecule has 21 heavy (non-hydrogen) atoms. The highest BCUT2D eigenvalue weighted by atomic mass is 35.5. The summed E-state index contributed by atoms with van der Waals surface area (Å²) in [6.07, 6.45) is 0.818. The summed E-state index contributed by atoms with van der Waals surface area (Å²) in [5.41, 5.74) is 4.52. The molecular formula is C17H12Cl2N2. The molecule has 0 radical (unpaired) electrons. The van der Waals surface area contributed by atoms with Crippen molar-refractivity contribution in [3.63, 3.8) is 0 Å². The third-order valence-corrected chi connectivity index (χ3v) is 4.13. The van der Waals surface area contributed by atoms with Crippen molar-refractivity contribution in [2.45, 2.75) is 6.42 Å². The van der Waals surface area contributed by atoms with Crippen molar-refractivity contribution < 1.29 is 0 Å². The molecule has 0 saturated heterocycles. The molecule has 2 nitrogen and oxygen atoms in total. The molecule has 2 heterocycles. The van der Waals surface area contributed by atoms with Crippen LogP contribution in [-0.4, -0.2) is 9.97 Å². The fraction of sp³-hybridized carbons (Fsp3) is 0.0588. The summed E-state index contributed by atoms with van der Waals surface area (Å²) in [7, 11) is 0. The van der Waals surface area contributed by atoms with E-state index in [0.29, 0.717) is 0 Å². The number of hydrogen-bond donors (Lipinski definition) is 2. The molecule has 0 unspecified atom stereocenters. The minimum atomic E-state index is 0.758. The summed E-state index contributed by atoms with van der Waals surface area (Å²) < 4.78 is 0. The topological polar surface area (TPSA) is 31.6 Å². The highest BCUT2D eigenvalue weighted by Crippen LogP contribution is 2.24. The molecule has 0 aliphatic carbocycles. The second-order valence-electron chi connectivity index (χ2n) is 5.23. The molecule has 2 aromatic heterocycles. The van der Waals surface area contributed by atoms with E-state index >= 15 is 0 Å². The van der Waals surface area contributed by atoms with Gasteiger partial charge in [0.2, 0.25) is 0 Å². The first-order valence-electron chi connectivity index (χ1n) is 6.72. The van der Waals surface area contributed by atoms with Gasteiger partial charge in [-0.25, -0.2) is 0 Å². The first-order chi connectivity index (χ1) is 10.2. The summed E-state index contributed by atoms with van der Waals surface area (Å²) in [5, 5.41) is 3.79. The molecule has 0 spiro atoms. The van der Waals surface area contributed by atoms with Gasteiger partial charge in [-0.05, 0) is 48.5 Å². The van der Waals surface area contributed by atoms with Crippen LogP contribution in [0.4, 0.5) is 0 Å². The predicted molar refractivity (Wildman–Crippen MR) is 89.4 cm³/mol. The van der Waals surface area contributed by atoms with Gasteiger partial charge in [0, 0.05) is 49.7 Å². The number of rotatable bonds is 2. The molecule has 0 aliphatic heterocycles. The van der Waals surface area contributed by atoms with Crippen LogP contribution < -0.4 is 0 Å². The van der Waals surface area contributed by atoms with Gasteiger partial charge in [0.05, 0.1) is 0 Å².